The summed E-state index contributed by atoms with van der Waals surface area (Å²) < 4.78 is 5.07. The minimum absolute atomic E-state index is 0.0574. The Morgan fingerprint density at radius 2 is 2.05 bits per heavy atom. The van der Waals surface area contributed by atoms with E-state index in [0.29, 0.717) is 16.3 Å². The molecule has 2 N–H and O–H groups in total. The number of aromatic carboxylic acids is 1. The average Bonchev–Trinajstić information content (AvgIpc) is 2.95. The molecule has 0 saturated heterocycles. The minimum atomic E-state index is -1.05. The Kier molecular flexibility index (Phi) is 5.48. The van der Waals surface area contributed by atoms with Gasteiger partial charge in [0.05, 0.1) is 6.54 Å². The van der Waals surface area contributed by atoms with Crippen LogP contribution in [0.15, 0.2) is 30.3 Å². The second-order valence-corrected chi connectivity index (χ2v) is 5.62. The Hall–Kier alpha value is -2.41. The summed E-state index contributed by atoms with van der Waals surface area (Å²) in [5, 5.41) is 12.1. The summed E-state index contributed by atoms with van der Waals surface area (Å²) >= 11 is 1.28. The lowest BCUT2D eigenvalue weighted by Crippen LogP contribution is -2.23. The number of carbonyl (C=O) groups is 2. The molecule has 0 spiro atoms. The number of carbonyl (C=O) groups excluding carboxylic acids is 1. The molecule has 2 rings (SSSR count). The zero-order chi connectivity index (χ0) is 15.9. The third-order valence-corrected chi connectivity index (χ3v) is 4.06. The van der Waals surface area contributed by atoms with E-state index in [9.17, 15) is 9.59 Å². The van der Waals surface area contributed by atoms with E-state index >= 15 is 0 Å². The summed E-state index contributed by atoms with van der Waals surface area (Å²) in [6.07, 6.45) is 0.0339. The van der Waals surface area contributed by atoms with Crippen molar-refractivity contribution in [1.29, 1.82) is 0 Å². The number of amides is 1. The quantitative estimate of drug-likeness (QED) is 0.854. The van der Waals surface area contributed by atoms with Crippen LogP contribution in [0.3, 0.4) is 0 Å². The van der Waals surface area contributed by atoms with E-state index in [4.69, 9.17) is 9.84 Å². The van der Waals surface area contributed by atoms with Crippen LogP contribution < -0.4 is 5.32 Å². The Balaban J connectivity index is 1.85. The number of benzene rings is 1. The molecule has 0 atom stereocenters. The highest BCUT2D eigenvalue weighted by Crippen LogP contribution is 2.19. The largest absolute Gasteiger partial charge is 0.476 e. The molecule has 22 heavy (non-hydrogen) atoms. The third-order valence-electron chi connectivity index (χ3n) is 2.86. The fraction of sp³-hybridized carbons (Fsp3) is 0.267. The molecular formula is C15H16N2O4S. The van der Waals surface area contributed by atoms with Gasteiger partial charge in [0.2, 0.25) is 0 Å². The van der Waals surface area contributed by atoms with E-state index in [-0.39, 0.29) is 18.8 Å². The zero-order valence-corrected chi connectivity index (χ0v) is 12.9. The smallest absolute Gasteiger partial charge is 0.407 e. The van der Waals surface area contributed by atoms with Crippen molar-refractivity contribution in [2.75, 3.05) is 0 Å². The lowest BCUT2D eigenvalue weighted by Gasteiger charge is -2.05. The number of carboxylic acid groups (broad SMARTS) is 1. The van der Waals surface area contributed by atoms with Crippen molar-refractivity contribution in [3.63, 3.8) is 0 Å². The Bertz CT molecular complexity index is 655. The number of hydrogen-bond donors (Lipinski definition) is 2. The van der Waals surface area contributed by atoms with E-state index in [1.165, 1.54) is 11.3 Å². The van der Waals surface area contributed by atoms with Gasteiger partial charge >= 0.3 is 12.1 Å². The molecule has 1 amide bonds. The molecule has 1 aromatic heterocycles. The Morgan fingerprint density at radius 1 is 1.32 bits per heavy atom. The standard InChI is InChI=1S/C15H16N2O4S/c1-2-11-13(14(18)19)17-12(22-11)8-16-15(20)21-9-10-6-4-3-5-7-10/h3-7H,2,8-9H2,1H3,(H,16,20)(H,18,19). The SMILES string of the molecule is CCc1sc(CNC(=O)OCc2ccccc2)nc1C(=O)O. The van der Waals surface area contributed by atoms with Gasteiger partial charge in [0.25, 0.3) is 0 Å². The predicted octanol–water partition coefficient (Wildman–Crippen LogP) is 2.83. The fourth-order valence-electron chi connectivity index (χ4n) is 1.80. The van der Waals surface area contributed by atoms with Gasteiger partial charge in [0.15, 0.2) is 5.69 Å². The highest BCUT2D eigenvalue weighted by Gasteiger charge is 2.16. The van der Waals surface area contributed by atoms with Gasteiger partial charge in [-0.1, -0.05) is 37.3 Å². The van der Waals surface area contributed by atoms with Crippen LogP contribution in [-0.2, 0) is 24.3 Å². The molecule has 0 bridgehead atoms. The number of aryl methyl sites for hydroxylation is 1. The summed E-state index contributed by atoms with van der Waals surface area (Å²) in [6.45, 7) is 2.20. The summed E-state index contributed by atoms with van der Waals surface area (Å²) in [4.78, 5) is 27.4. The van der Waals surface area contributed by atoms with Gasteiger partial charge in [-0.25, -0.2) is 14.6 Å². The van der Waals surface area contributed by atoms with Gasteiger partial charge in [-0.05, 0) is 12.0 Å². The van der Waals surface area contributed by atoms with Gasteiger partial charge in [-0.3, -0.25) is 0 Å². The number of nitrogens with one attached hydrogen (secondary N) is 1. The number of rotatable bonds is 6. The zero-order valence-electron chi connectivity index (χ0n) is 12.0. The fourth-order valence-corrected chi connectivity index (χ4v) is 2.74. The van der Waals surface area contributed by atoms with E-state index in [1.807, 2.05) is 37.3 Å². The molecule has 0 fully saturated rings. The molecule has 0 aliphatic carbocycles. The molecule has 0 radical (unpaired) electrons. The van der Waals surface area contributed by atoms with Crippen LogP contribution in [0.5, 0.6) is 0 Å². The van der Waals surface area contributed by atoms with Crippen LogP contribution in [0.4, 0.5) is 4.79 Å². The van der Waals surface area contributed by atoms with Crippen molar-refractivity contribution in [2.45, 2.75) is 26.5 Å². The molecule has 1 aromatic carbocycles. The van der Waals surface area contributed by atoms with Gasteiger partial charge in [0, 0.05) is 4.88 Å². The van der Waals surface area contributed by atoms with Crippen molar-refractivity contribution in [1.82, 2.24) is 10.3 Å². The van der Waals surface area contributed by atoms with E-state index in [1.54, 1.807) is 0 Å². The number of carboxylic acids is 1. The molecule has 6 nitrogen and oxygen atoms in total. The number of aromatic nitrogens is 1. The molecule has 116 valence electrons. The maximum atomic E-state index is 11.6. The van der Waals surface area contributed by atoms with Crippen LogP contribution in [0.2, 0.25) is 0 Å². The average molecular weight is 320 g/mol. The van der Waals surface area contributed by atoms with Crippen LogP contribution in [0.1, 0.15) is 32.9 Å². The number of alkyl carbamates (subject to hydrolysis) is 1. The van der Waals surface area contributed by atoms with Crippen LogP contribution in [-0.4, -0.2) is 22.2 Å². The molecule has 0 unspecified atom stereocenters. The van der Waals surface area contributed by atoms with Gasteiger partial charge < -0.3 is 15.2 Å². The number of ether oxygens (including phenoxy) is 1. The number of thiazole rings is 1. The van der Waals surface area contributed by atoms with Crippen molar-refractivity contribution in [3.8, 4) is 0 Å². The van der Waals surface area contributed by atoms with Crippen molar-refractivity contribution in [3.05, 3.63) is 51.5 Å². The summed E-state index contributed by atoms with van der Waals surface area (Å²) in [6, 6.07) is 9.34. The molecule has 0 saturated carbocycles. The number of nitrogens with zero attached hydrogens (tertiary/aromatic N) is 1. The number of hydrogen-bond acceptors (Lipinski definition) is 5. The first-order chi connectivity index (χ1) is 10.6. The minimum Gasteiger partial charge on any atom is -0.476 e. The topological polar surface area (TPSA) is 88.5 Å². The van der Waals surface area contributed by atoms with E-state index < -0.39 is 12.1 Å². The van der Waals surface area contributed by atoms with Gasteiger partial charge in [-0.15, -0.1) is 11.3 Å². The summed E-state index contributed by atoms with van der Waals surface area (Å²) in [5.41, 5.74) is 0.954. The summed E-state index contributed by atoms with van der Waals surface area (Å²) in [7, 11) is 0. The first-order valence-electron chi connectivity index (χ1n) is 6.76. The normalized spacial score (nSPS) is 10.2. The molecule has 0 aliphatic heterocycles. The molecule has 0 aliphatic rings. The van der Waals surface area contributed by atoms with E-state index in [2.05, 4.69) is 10.3 Å². The van der Waals surface area contributed by atoms with Crippen molar-refractivity contribution < 1.29 is 19.4 Å². The monoisotopic (exact) mass is 320 g/mol. The maximum Gasteiger partial charge on any atom is 0.407 e. The first-order valence-corrected chi connectivity index (χ1v) is 7.58. The van der Waals surface area contributed by atoms with E-state index in [0.717, 1.165) is 5.56 Å². The third kappa shape index (κ3) is 4.29. The predicted molar refractivity (Wildman–Crippen MR) is 81.9 cm³/mol. The van der Waals surface area contributed by atoms with Gasteiger partial charge in [-0.2, -0.15) is 0 Å². The molecule has 7 heteroatoms. The lowest BCUT2D eigenvalue weighted by atomic mass is 10.2. The second kappa shape index (κ2) is 7.56. The highest BCUT2D eigenvalue weighted by molar-refractivity contribution is 7.11. The summed E-state index contributed by atoms with van der Waals surface area (Å²) in [5.74, 6) is -1.05. The van der Waals surface area contributed by atoms with Gasteiger partial charge in [0.1, 0.15) is 11.6 Å². The van der Waals surface area contributed by atoms with Crippen LogP contribution in [0.25, 0.3) is 0 Å². The van der Waals surface area contributed by atoms with Crippen LogP contribution >= 0.6 is 11.3 Å². The van der Waals surface area contributed by atoms with Crippen molar-refractivity contribution >= 4 is 23.4 Å². The maximum absolute atomic E-state index is 11.6. The second-order valence-electron chi connectivity index (χ2n) is 4.45. The molecule has 2 aromatic rings. The Morgan fingerprint density at radius 3 is 2.64 bits per heavy atom. The lowest BCUT2D eigenvalue weighted by molar-refractivity contribution is 0.0690. The first kappa shape index (κ1) is 16.0. The molecule has 1 heterocycles. The molecular weight excluding hydrogens is 304 g/mol. The van der Waals surface area contributed by atoms with Crippen LogP contribution in [0, 0.1) is 0 Å². The van der Waals surface area contributed by atoms with Crippen molar-refractivity contribution in [2.24, 2.45) is 0 Å². The Labute approximate surface area is 131 Å². The highest BCUT2D eigenvalue weighted by atomic mass is 32.1.